The topological polar surface area (TPSA) is 60.4 Å². The van der Waals surface area contributed by atoms with E-state index in [4.69, 9.17) is 4.74 Å². The van der Waals surface area contributed by atoms with E-state index in [9.17, 15) is 14.4 Å². The minimum atomic E-state index is -0.324. The van der Waals surface area contributed by atoms with E-state index in [1.54, 1.807) is 24.3 Å². The molecule has 0 spiro atoms. The van der Waals surface area contributed by atoms with Crippen LogP contribution < -0.4 is 4.74 Å². The van der Waals surface area contributed by atoms with Gasteiger partial charge in [0.05, 0.1) is 0 Å². The zero-order chi connectivity index (χ0) is 12.5. The van der Waals surface area contributed by atoms with Crippen LogP contribution in [0, 0.1) is 0 Å². The molecule has 1 aromatic rings. The third kappa shape index (κ3) is 5.06. The van der Waals surface area contributed by atoms with Gasteiger partial charge in [-0.3, -0.25) is 9.59 Å². The lowest BCUT2D eigenvalue weighted by Crippen LogP contribution is -2.07. The van der Waals surface area contributed by atoms with Gasteiger partial charge in [0, 0.05) is 18.4 Å². The van der Waals surface area contributed by atoms with E-state index in [0.717, 1.165) is 12.6 Å². The maximum absolute atomic E-state index is 11.3. The van der Waals surface area contributed by atoms with Gasteiger partial charge >= 0.3 is 5.97 Å². The molecule has 0 N–H and O–H groups in total. The van der Waals surface area contributed by atoms with Crippen molar-refractivity contribution < 1.29 is 19.1 Å². The second kappa shape index (κ2) is 7.33. The maximum atomic E-state index is 11.3. The van der Waals surface area contributed by atoms with Gasteiger partial charge in [-0.1, -0.05) is 0 Å². The number of aldehydes is 2. The van der Waals surface area contributed by atoms with Gasteiger partial charge in [0.25, 0.3) is 0 Å². The molecule has 0 saturated carbocycles. The summed E-state index contributed by atoms with van der Waals surface area (Å²) < 4.78 is 5.05. The van der Waals surface area contributed by atoms with Crippen LogP contribution in [0.1, 0.15) is 36.0 Å². The maximum Gasteiger partial charge on any atom is 0.311 e. The third-order valence-corrected chi connectivity index (χ3v) is 2.20. The molecule has 17 heavy (non-hydrogen) atoms. The highest BCUT2D eigenvalue weighted by molar-refractivity contribution is 5.76. The Hall–Kier alpha value is -1.97. The summed E-state index contributed by atoms with van der Waals surface area (Å²) in [5.74, 6) is 0.103. The van der Waals surface area contributed by atoms with Crippen LogP contribution in [0.2, 0.25) is 0 Å². The molecule has 1 aromatic carbocycles. The molecule has 0 amide bonds. The van der Waals surface area contributed by atoms with Crippen LogP contribution in [-0.2, 0) is 9.59 Å². The van der Waals surface area contributed by atoms with Crippen LogP contribution in [-0.4, -0.2) is 18.5 Å². The smallest absolute Gasteiger partial charge is 0.311 e. The van der Waals surface area contributed by atoms with Crippen LogP contribution in [0.5, 0.6) is 5.75 Å². The highest BCUT2D eigenvalue weighted by Gasteiger charge is 2.04. The number of carbonyl (C=O) groups excluding carboxylic acids is 3. The monoisotopic (exact) mass is 234 g/mol. The Labute approximate surface area is 99.6 Å². The van der Waals surface area contributed by atoms with E-state index in [1.807, 2.05) is 0 Å². The first-order valence-corrected chi connectivity index (χ1v) is 5.46. The Kier molecular flexibility index (Phi) is 5.64. The van der Waals surface area contributed by atoms with Gasteiger partial charge in [-0.15, -0.1) is 0 Å². The Morgan fingerprint density at radius 2 is 1.82 bits per heavy atom. The number of esters is 1. The first-order chi connectivity index (χ1) is 8.26. The standard InChI is InChI=1S/C13H14O4/c14-9-3-1-2-4-13(16)17-12-7-5-11(10-15)6-8-12/h5-10H,1-4H2. The van der Waals surface area contributed by atoms with Gasteiger partial charge in [0.2, 0.25) is 0 Å². The summed E-state index contributed by atoms with van der Waals surface area (Å²) >= 11 is 0. The van der Waals surface area contributed by atoms with Crippen molar-refractivity contribution in [3.8, 4) is 5.75 Å². The molecule has 0 aliphatic rings. The van der Waals surface area contributed by atoms with Gasteiger partial charge in [-0.05, 0) is 37.1 Å². The lowest BCUT2D eigenvalue weighted by atomic mass is 10.2. The van der Waals surface area contributed by atoms with Crippen molar-refractivity contribution >= 4 is 18.5 Å². The zero-order valence-corrected chi connectivity index (χ0v) is 9.43. The number of ether oxygens (including phenoxy) is 1. The molecule has 0 heterocycles. The second-order valence-electron chi connectivity index (χ2n) is 3.57. The fraction of sp³-hybridized carbons (Fsp3) is 0.308. The molecule has 4 nitrogen and oxygen atoms in total. The molecule has 0 aliphatic carbocycles. The van der Waals surface area contributed by atoms with Crippen LogP contribution in [0.15, 0.2) is 24.3 Å². The van der Waals surface area contributed by atoms with Gasteiger partial charge < -0.3 is 9.53 Å². The highest BCUT2D eigenvalue weighted by Crippen LogP contribution is 2.12. The molecule has 0 aromatic heterocycles. The number of rotatable bonds is 7. The summed E-state index contributed by atoms with van der Waals surface area (Å²) in [6.07, 6.45) is 3.67. The van der Waals surface area contributed by atoms with Crippen molar-refractivity contribution in [1.82, 2.24) is 0 Å². The summed E-state index contributed by atoms with van der Waals surface area (Å²) in [4.78, 5) is 31.8. The molecule has 4 heteroatoms. The van der Waals surface area contributed by atoms with E-state index in [0.29, 0.717) is 37.0 Å². The Bertz CT molecular complexity index is 381. The fourth-order valence-electron chi connectivity index (χ4n) is 1.29. The SMILES string of the molecule is O=CCCCCC(=O)Oc1ccc(C=O)cc1. The summed E-state index contributed by atoms with van der Waals surface area (Å²) in [7, 11) is 0. The molecule has 0 unspecified atom stereocenters. The summed E-state index contributed by atoms with van der Waals surface area (Å²) in [5.41, 5.74) is 0.538. The van der Waals surface area contributed by atoms with E-state index < -0.39 is 0 Å². The van der Waals surface area contributed by atoms with E-state index in [1.165, 1.54) is 0 Å². The highest BCUT2D eigenvalue weighted by atomic mass is 16.5. The second-order valence-corrected chi connectivity index (χ2v) is 3.57. The first kappa shape index (κ1) is 13.1. The van der Waals surface area contributed by atoms with E-state index >= 15 is 0 Å². The molecule has 0 aliphatic heterocycles. The molecular weight excluding hydrogens is 220 g/mol. The molecular formula is C13H14O4. The molecule has 0 fully saturated rings. The lowest BCUT2D eigenvalue weighted by Gasteiger charge is -2.03. The van der Waals surface area contributed by atoms with Crippen LogP contribution >= 0.6 is 0 Å². The number of unbranched alkanes of at least 4 members (excludes halogenated alkanes) is 2. The van der Waals surface area contributed by atoms with Crippen LogP contribution in [0.4, 0.5) is 0 Å². The summed E-state index contributed by atoms with van der Waals surface area (Å²) in [6, 6.07) is 6.32. The van der Waals surface area contributed by atoms with Gasteiger partial charge in [0.15, 0.2) is 0 Å². The predicted molar refractivity (Wildman–Crippen MR) is 62.0 cm³/mol. The average molecular weight is 234 g/mol. The third-order valence-electron chi connectivity index (χ3n) is 2.20. The quantitative estimate of drug-likeness (QED) is 0.314. The Balaban J connectivity index is 2.34. The van der Waals surface area contributed by atoms with Crippen molar-refractivity contribution in [2.24, 2.45) is 0 Å². The molecule has 0 radical (unpaired) electrons. The van der Waals surface area contributed by atoms with E-state index in [-0.39, 0.29) is 5.97 Å². The number of benzene rings is 1. The van der Waals surface area contributed by atoms with Crippen molar-refractivity contribution in [3.05, 3.63) is 29.8 Å². The Morgan fingerprint density at radius 1 is 1.12 bits per heavy atom. The van der Waals surface area contributed by atoms with Gasteiger partial charge in [0.1, 0.15) is 18.3 Å². The lowest BCUT2D eigenvalue weighted by molar-refractivity contribution is -0.134. The minimum absolute atomic E-state index is 0.295. The van der Waals surface area contributed by atoms with Crippen molar-refractivity contribution in [2.75, 3.05) is 0 Å². The summed E-state index contributed by atoms with van der Waals surface area (Å²) in [5, 5.41) is 0. The van der Waals surface area contributed by atoms with Crippen molar-refractivity contribution in [1.29, 1.82) is 0 Å². The predicted octanol–water partition coefficient (Wildman–Crippen LogP) is 2.16. The Morgan fingerprint density at radius 3 is 2.41 bits per heavy atom. The van der Waals surface area contributed by atoms with Crippen LogP contribution in [0.3, 0.4) is 0 Å². The largest absolute Gasteiger partial charge is 0.427 e. The normalized spacial score (nSPS) is 9.65. The van der Waals surface area contributed by atoms with Crippen molar-refractivity contribution in [3.63, 3.8) is 0 Å². The van der Waals surface area contributed by atoms with Gasteiger partial charge in [-0.25, -0.2) is 0 Å². The molecule has 0 saturated heterocycles. The fourth-order valence-corrected chi connectivity index (χ4v) is 1.29. The summed E-state index contributed by atoms with van der Waals surface area (Å²) in [6.45, 7) is 0. The van der Waals surface area contributed by atoms with E-state index in [2.05, 4.69) is 0 Å². The minimum Gasteiger partial charge on any atom is -0.427 e. The number of hydrogen-bond acceptors (Lipinski definition) is 4. The molecule has 1 rings (SSSR count). The first-order valence-electron chi connectivity index (χ1n) is 5.46. The average Bonchev–Trinajstić information content (AvgIpc) is 2.36. The molecule has 90 valence electrons. The molecule has 0 atom stereocenters. The number of hydrogen-bond donors (Lipinski definition) is 0. The van der Waals surface area contributed by atoms with Crippen molar-refractivity contribution in [2.45, 2.75) is 25.7 Å². The number of carbonyl (C=O) groups is 3. The van der Waals surface area contributed by atoms with Crippen LogP contribution in [0.25, 0.3) is 0 Å². The van der Waals surface area contributed by atoms with Gasteiger partial charge in [-0.2, -0.15) is 0 Å². The zero-order valence-electron chi connectivity index (χ0n) is 9.43. The molecule has 0 bridgehead atoms.